The molecule has 1 aliphatic rings. The van der Waals surface area contributed by atoms with Crippen LogP contribution in [-0.2, 0) is 9.59 Å². The van der Waals surface area contributed by atoms with Crippen LogP contribution in [0.3, 0.4) is 0 Å². The third kappa shape index (κ3) is 3.04. The molecule has 2 rings (SSSR count). The molecule has 2 heterocycles. The van der Waals surface area contributed by atoms with Gasteiger partial charge in [-0.3, -0.25) is 14.5 Å². The lowest BCUT2D eigenvalue weighted by Crippen LogP contribution is -2.32. The van der Waals surface area contributed by atoms with E-state index in [1.54, 1.807) is 6.07 Å². The van der Waals surface area contributed by atoms with E-state index in [1.807, 2.05) is 13.8 Å². The number of likely N-dealkylation sites (tertiary alicyclic amines) is 1. The van der Waals surface area contributed by atoms with E-state index >= 15 is 0 Å². The lowest BCUT2D eigenvalue weighted by molar-refractivity contribution is -0.136. The Labute approximate surface area is 117 Å². The van der Waals surface area contributed by atoms with Gasteiger partial charge in [0.25, 0.3) is 5.91 Å². The van der Waals surface area contributed by atoms with E-state index in [4.69, 9.17) is 4.74 Å². The molecule has 0 radical (unpaired) electrons. The number of carbonyl (C=O) groups is 2. The fourth-order valence-electron chi connectivity index (χ4n) is 1.91. The molecule has 1 N–H and O–H groups in total. The number of hydrogen-bond acceptors (Lipinski definition) is 6. The van der Waals surface area contributed by atoms with Gasteiger partial charge < -0.3 is 10.1 Å². The number of aromatic nitrogens is 2. The average molecular weight is 278 g/mol. The number of amides is 2. The van der Waals surface area contributed by atoms with E-state index in [-0.39, 0.29) is 18.2 Å². The third-order valence-electron chi connectivity index (χ3n) is 2.97. The molecule has 1 fully saturated rings. The minimum absolute atomic E-state index is 0.123. The molecule has 0 saturated carbocycles. The molecule has 1 aromatic rings. The summed E-state index contributed by atoms with van der Waals surface area (Å²) in [7, 11) is 1.47. The monoisotopic (exact) mass is 278 g/mol. The van der Waals surface area contributed by atoms with Crippen LogP contribution in [0.4, 0.5) is 5.95 Å². The van der Waals surface area contributed by atoms with Gasteiger partial charge in [0.15, 0.2) is 0 Å². The summed E-state index contributed by atoms with van der Waals surface area (Å²) in [4.78, 5) is 32.8. The summed E-state index contributed by atoms with van der Waals surface area (Å²) in [5.74, 6) is 0.295. The quantitative estimate of drug-likeness (QED) is 0.800. The first kappa shape index (κ1) is 14.2. The zero-order valence-electron chi connectivity index (χ0n) is 11.8. The van der Waals surface area contributed by atoms with Gasteiger partial charge in [0.1, 0.15) is 6.04 Å². The molecule has 1 aromatic heterocycles. The maximum atomic E-state index is 11.8. The van der Waals surface area contributed by atoms with Crippen molar-refractivity contribution in [1.82, 2.24) is 14.9 Å². The third-order valence-corrected chi connectivity index (χ3v) is 2.97. The predicted octanol–water partition coefficient (Wildman–Crippen LogP) is 0.743. The van der Waals surface area contributed by atoms with Gasteiger partial charge in [-0.05, 0) is 13.3 Å². The summed E-state index contributed by atoms with van der Waals surface area (Å²) in [6, 6.07) is 1.13. The highest BCUT2D eigenvalue weighted by atomic mass is 16.5. The van der Waals surface area contributed by atoms with Crippen molar-refractivity contribution in [1.29, 1.82) is 0 Å². The molecule has 2 amide bonds. The molecular formula is C13H18N4O3. The Balaban J connectivity index is 2.11. The first-order valence-electron chi connectivity index (χ1n) is 6.56. The van der Waals surface area contributed by atoms with Crippen molar-refractivity contribution in [2.75, 3.05) is 19.0 Å². The van der Waals surface area contributed by atoms with Gasteiger partial charge in [0, 0.05) is 18.8 Å². The molecule has 0 bridgehead atoms. The zero-order valence-corrected chi connectivity index (χ0v) is 11.8. The summed E-state index contributed by atoms with van der Waals surface area (Å²) in [5, 5.41) is 2.89. The minimum atomic E-state index is -0.603. The molecule has 108 valence electrons. The summed E-state index contributed by atoms with van der Waals surface area (Å²) >= 11 is 0. The average Bonchev–Trinajstić information content (AvgIpc) is 2.63. The molecular weight excluding hydrogens is 260 g/mol. The summed E-state index contributed by atoms with van der Waals surface area (Å²) in [6.45, 7) is 4.39. The van der Waals surface area contributed by atoms with Crippen LogP contribution in [-0.4, -0.2) is 46.4 Å². The van der Waals surface area contributed by atoms with Crippen molar-refractivity contribution < 1.29 is 14.3 Å². The predicted molar refractivity (Wildman–Crippen MR) is 72.4 cm³/mol. The summed E-state index contributed by atoms with van der Waals surface area (Å²) < 4.78 is 5.46. The first-order valence-corrected chi connectivity index (χ1v) is 6.56. The van der Waals surface area contributed by atoms with Gasteiger partial charge in [-0.2, -0.15) is 4.98 Å². The maximum absolute atomic E-state index is 11.8. The first-order chi connectivity index (χ1) is 9.51. The van der Waals surface area contributed by atoms with Crippen molar-refractivity contribution in [2.45, 2.75) is 32.7 Å². The maximum Gasteiger partial charge on any atom is 0.252 e. The van der Waals surface area contributed by atoms with E-state index in [2.05, 4.69) is 15.3 Å². The van der Waals surface area contributed by atoms with Gasteiger partial charge in [-0.1, -0.05) is 6.92 Å². The van der Waals surface area contributed by atoms with Gasteiger partial charge in [-0.15, -0.1) is 0 Å². The Kier molecular flexibility index (Phi) is 4.16. The second kappa shape index (κ2) is 5.85. The molecule has 0 aromatic carbocycles. The van der Waals surface area contributed by atoms with E-state index in [0.717, 1.165) is 17.0 Å². The van der Waals surface area contributed by atoms with Crippen molar-refractivity contribution in [3.63, 3.8) is 0 Å². The van der Waals surface area contributed by atoms with Crippen LogP contribution in [0.5, 0.6) is 5.88 Å². The Morgan fingerprint density at radius 3 is 2.80 bits per heavy atom. The minimum Gasteiger partial charge on any atom is -0.478 e. The number of aryl methyl sites for hydroxylation is 1. The molecule has 1 aliphatic heterocycles. The van der Waals surface area contributed by atoms with Crippen LogP contribution in [0, 0.1) is 6.92 Å². The molecule has 1 atom stereocenters. The van der Waals surface area contributed by atoms with Crippen molar-refractivity contribution in [3.05, 3.63) is 11.8 Å². The highest BCUT2D eigenvalue weighted by molar-refractivity contribution is 6.06. The van der Waals surface area contributed by atoms with Crippen LogP contribution in [0.15, 0.2) is 6.07 Å². The van der Waals surface area contributed by atoms with Crippen molar-refractivity contribution in [2.24, 2.45) is 0 Å². The number of carbonyl (C=O) groups excluding carboxylic acids is 2. The van der Waals surface area contributed by atoms with Crippen LogP contribution in [0.25, 0.3) is 0 Å². The molecule has 0 spiro atoms. The Morgan fingerprint density at radius 1 is 1.45 bits per heavy atom. The number of anilines is 1. The lowest BCUT2D eigenvalue weighted by atomic mass is 10.2. The SMILES string of the molecule is CCCOc1cc(C)nc(NC2CC(=O)N(C)C2=O)n1. The number of ether oxygens (including phenoxy) is 1. The molecule has 1 unspecified atom stereocenters. The largest absolute Gasteiger partial charge is 0.478 e. The normalized spacial score (nSPS) is 18.6. The van der Waals surface area contributed by atoms with E-state index in [0.29, 0.717) is 18.4 Å². The second-order valence-electron chi connectivity index (χ2n) is 4.71. The Hall–Kier alpha value is -2.18. The highest BCUT2D eigenvalue weighted by Crippen LogP contribution is 2.17. The Bertz CT molecular complexity index is 532. The molecule has 1 saturated heterocycles. The van der Waals surface area contributed by atoms with Gasteiger partial charge >= 0.3 is 0 Å². The number of hydrogen-bond donors (Lipinski definition) is 1. The van der Waals surface area contributed by atoms with E-state index < -0.39 is 6.04 Å². The second-order valence-corrected chi connectivity index (χ2v) is 4.71. The lowest BCUT2D eigenvalue weighted by Gasteiger charge is -2.12. The van der Waals surface area contributed by atoms with Gasteiger partial charge in [0.2, 0.25) is 17.7 Å². The molecule has 7 heteroatoms. The molecule has 0 aliphatic carbocycles. The smallest absolute Gasteiger partial charge is 0.252 e. The Morgan fingerprint density at radius 2 is 2.20 bits per heavy atom. The summed E-state index contributed by atoms with van der Waals surface area (Å²) in [5.41, 5.74) is 0.735. The van der Waals surface area contributed by atoms with Crippen molar-refractivity contribution >= 4 is 17.8 Å². The number of nitrogens with one attached hydrogen (secondary N) is 1. The zero-order chi connectivity index (χ0) is 14.7. The summed E-state index contributed by atoms with van der Waals surface area (Å²) in [6.07, 6.45) is 1.00. The van der Waals surface area contributed by atoms with Gasteiger partial charge in [-0.25, -0.2) is 4.98 Å². The topological polar surface area (TPSA) is 84.4 Å². The number of rotatable bonds is 5. The number of likely N-dealkylation sites (N-methyl/N-ethyl adjacent to an activating group) is 1. The standard InChI is InChI=1S/C13H18N4O3/c1-4-5-20-10-6-8(2)14-13(16-10)15-9-7-11(18)17(3)12(9)19/h6,9H,4-5,7H2,1-3H3,(H,14,15,16). The van der Waals surface area contributed by atoms with Crippen molar-refractivity contribution in [3.8, 4) is 5.88 Å². The number of imide groups is 1. The molecule has 7 nitrogen and oxygen atoms in total. The van der Waals surface area contributed by atoms with Gasteiger partial charge in [0.05, 0.1) is 13.0 Å². The molecule has 20 heavy (non-hydrogen) atoms. The fourth-order valence-corrected chi connectivity index (χ4v) is 1.91. The van der Waals surface area contributed by atoms with Crippen LogP contribution in [0.1, 0.15) is 25.5 Å². The van der Waals surface area contributed by atoms with E-state index in [9.17, 15) is 9.59 Å². The highest BCUT2D eigenvalue weighted by Gasteiger charge is 2.36. The fraction of sp³-hybridized carbons (Fsp3) is 0.538. The number of nitrogens with zero attached hydrogens (tertiary/aromatic N) is 3. The van der Waals surface area contributed by atoms with Crippen LogP contribution >= 0.6 is 0 Å². The van der Waals surface area contributed by atoms with Crippen LogP contribution < -0.4 is 10.1 Å². The van der Waals surface area contributed by atoms with E-state index in [1.165, 1.54) is 7.05 Å². The van der Waals surface area contributed by atoms with Crippen LogP contribution in [0.2, 0.25) is 0 Å².